The molecule has 0 aliphatic carbocycles. The van der Waals surface area contributed by atoms with Gasteiger partial charge in [0.25, 0.3) is 0 Å². The van der Waals surface area contributed by atoms with Gasteiger partial charge in [0.1, 0.15) is 3.70 Å². The Hall–Kier alpha value is -0.530. The fourth-order valence-electron chi connectivity index (χ4n) is 1.60. The van der Waals surface area contributed by atoms with Crippen molar-refractivity contribution in [2.24, 2.45) is 0 Å². The summed E-state index contributed by atoms with van der Waals surface area (Å²) in [5, 5.41) is 0.560. The average molecular weight is 418 g/mol. The standard InChI is InChI=1S/C12H5Cl2F3IN/c13-7-1-6(2-8(14)3-7)9-4-11(18)19-5-10(9)12(15,16)17/h1-5H. The van der Waals surface area contributed by atoms with Crippen LogP contribution in [-0.4, -0.2) is 4.98 Å². The van der Waals surface area contributed by atoms with Gasteiger partial charge in [-0.25, -0.2) is 4.98 Å². The van der Waals surface area contributed by atoms with Crippen LogP contribution >= 0.6 is 45.8 Å². The van der Waals surface area contributed by atoms with Crippen molar-refractivity contribution in [1.29, 1.82) is 0 Å². The molecule has 0 radical (unpaired) electrons. The summed E-state index contributed by atoms with van der Waals surface area (Å²) in [4.78, 5) is 3.68. The van der Waals surface area contributed by atoms with Gasteiger partial charge < -0.3 is 0 Å². The molecule has 0 aliphatic rings. The Labute approximate surface area is 130 Å². The third kappa shape index (κ3) is 3.52. The first kappa shape index (κ1) is 14.9. The summed E-state index contributed by atoms with van der Waals surface area (Å²) < 4.78 is 39.3. The van der Waals surface area contributed by atoms with Crippen molar-refractivity contribution in [1.82, 2.24) is 4.98 Å². The minimum atomic E-state index is -4.48. The Balaban J connectivity index is 2.70. The van der Waals surface area contributed by atoms with Gasteiger partial charge in [-0.3, -0.25) is 0 Å². The Kier molecular flexibility index (Phi) is 4.27. The molecule has 7 heteroatoms. The molecule has 0 fully saturated rings. The molecule has 0 amide bonds. The number of nitrogens with zero attached hydrogens (tertiary/aromatic N) is 1. The van der Waals surface area contributed by atoms with Crippen molar-refractivity contribution < 1.29 is 13.2 Å². The van der Waals surface area contributed by atoms with Crippen LogP contribution in [0.4, 0.5) is 13.2 Å². The molecule has 1 aromatic carbocycles. The van der Waals surface area contributed by atoms with E-state index < -0.39 is 11.7 Å². The Morgan fingerprint density at radius 3 is 2.11 bits per heavy atom. The topological polar surface area (TPSA) is 12.9 Å². The fourth-order valence-corrected chi connectivity index (χ4v) is 2.58. The van der Waals surface area contributed by atoms with Gasteiger partial charge in [0.2, 0.25) is 0 Å². The van der Waals surface area contributed by atoms with E-state index in [4.69, 9.17) is 23.2 Å². The first-order valence-electron chi connectivity index (χ1n) is 4.96. The van der Waals surface area contributed by atoms with E-state index >= 15 is 0 Å². The summed E-state index contributed by atoms with van der Waals surface area (Å²) >= 11 is 13.5. The first-order valence-corrected chi connectivity index (χ1v) is 6.80. The van der Waals surface area contributed by atoms with Gasteiger partial charge >= 0.3 is 6.18 Å². The SMILES string of the molecule is FC(F)(F)c1cnc(I)cc1-c1cc(Cl)cc(Cl)c1. The molecule has 0 spiro atoms. The van der Waals surface area contributed by atoms with E-state index in [2.05, 4.69) is 4.98 Å². The van der Waals surface area contributed by atoms with E-state index in [1.807, 2.05) is 22.6 Å². The zero-order valence-electron chi connectivity index (χ0n) is 9.10. The van der Waals surface area contributed by atoms with Crippen molar-refractivity contribution in [3.05, 3.63) is 49.8 Å². The maximum absolute atomic E-state index is 13.0. The highest BCUT2D eigenvalue weighted by Crippen LogP contribution is 2.38. The lowest BCUT2D eigenvalue weighted by molar-refractivity contribution is -0.137. The number of hydrogen-bond donors (Lipinski definition) is 0. The average Bonchev–Trinajstić information content (AvgIpc) is 2.25. The monoisotopic (exact) mass is 417 g/mol. The molecule has 0 unspecified atom stereocenters. The zero-order valence-corrected chi connectivity index (χ0v) is 12.8. The number of aromatic nitrogens is 1. The summed E-state index contributed by atoms with van der Waals surface area (Å²) in [7, 11) is 0. The molecule has 0 saturated heterocycles. The lowest BCUT2D eigenvalue weighted by atomic mass is 10.0. The molecule has 2 aromatic rings. The number of alkyl halides is 3. The molecule has 0 atom stereocenters. The van der Waals surface area contributed by atoms with Crippen molar-refractivity contribution in [2.75, 3.05) is 0 Å². The van der Waals surface area contributed by atoms with Crippen LogP contribution in [-0.2, 0) is 6.18 Å². The normalized spacial score (nSPS) is 11.7. The largest absolute Gasteiger partial charge is 0.418 e. The van der Waals surface area contributed by atoms with Crippen LogP contribution in [0.15, 0.2) is 30.5 Å². The van der Waals surface area contributed by atoms with E-state index in [1.165, 1.54) is 24.3 Å². The summed E-state index contributed by atoms with van der Waals surface area (Å²) in [6.45, 7) is 0. The quantitative estimate of drug-likeness (QED) is 0.429. The summed E-state index contributed by atoms with van der Waals surface area (Å²) in [6.07, 6.45) is -3.67. The zero-order chi connectivity index (χ0) is 14.2. The molecule has 2 rings (SSSR count). The van der Waals surface area contributed by atoms with Crippen LogP contribution in [0.3, 0.4) is 0 Å². The fraction of sp³-hybridized carbons (Fsp3) is 0.0833. The second-order valence-electron chi connectivity index (χ2n) is 3.71. The van der Waals surface area contributed by atoms with E-state index in [9.17, 15) is 13.2 Å². The van der Waals surface area contributed by atoms with E-state index in [0.29, 0.717) is 9.26 Å². The minimum Gasteiger partial charge on any atom is -0.250 e. The molecule has 100 valence electrons. The summed E-state index contributed by atoms with van der Waals surface area (Å²) in [6, 6.07) is 5.69. The minimum absolute atomic E-state index is 0.0105. The predicted octanol–water partition coefficient (Wildman–Crippen LogP) is 5.68. The van der Waals surface area contributed by atoms with Gasteiger partial charge in [0.15, 0.2) is 0 Å². The summed E-state index contributed by atoms with van der Waals surface area (Å²) in [5.74, 6) is 0. The highest BCUT2D eigenvalue weighted by Gasteiger charge is 2.34. The van der Waals surface area contributed by atoms with Gasteiger partial charge in [0.05, 0.1) is 5.56 Å². The Morgan fingerprint density at radius 1 is 1.00 bits per heavy atom. The van der Waals surface area contributed by atoms with Crippen molar-refractivity contribution in [3.63, 3.8) is 0 Å². The highest BCUT2D eigenvalue weighted by molar-refractivity contribution is 14.1. The van der Waals surface area contributed by atoms with Gasteiger partial charge in [-0.05, 0) is 58.0 Å². The molecule has 0 aliphatic heterocycles. The predicted molar refractivity (Wildman–Crippen MR) is 77.4 cm³/mol. The lowest BCUT2D eigenvalue weighted by Crippen LogP contribution is -2.08. The van der Waals surface area contributed by atoms with Crippen molar-refractivity contribution >= 4 is 45.8 Å². The van der Waals surface area contributed by atoms with Gasteiger partial charge in [-0.15, -0.1) is 0 Å². The second kappa shape index (κ2) is 5.46. The van der Waals surface area contributed by atoms with Crippen molar-refractivity contribution in [3.8, 4) is 11.1 Å². The van der Waals surface area contributed by atoms with Crippen LogP contribution in [0.5, 0.6) is 0 Å². The molecule has 1 aromatic heterocycles. The van der Waals surface area contributed by atoms with E-state index in [1.54, 1.807) is 0 Å². The maximum Gasteiger partial charge on any atom is 0.418 e. The molecule has 0 N–H and O–H groups in total. The molecule has 1 heterocycles. The van der Waals surface area contributed by atoms with Gasteiger partial charge in [0, 0.05) is 16.2 Å². The van der Waals surface area contributed by atoms with Crippen LogP contribution in [0, 0.1) is 3.70 Å². The van der Waals surface area contributed by atoms with Crippen LogP contribution in [0.25, 0.3) is 11.1 Å². The third-order valence-corrected chi connectivity index (χ3v) is 3.38. The molecular formula is C12H5Cl2F3IN. The highest BCUT2D eigenvalue weighted by atomic mass is 127. The number of rotatable bonds is 1. The molecule has 19 heavy (non-hydrogen) atoms. The smallest absolute Gasteiger partial charge is 0.250 e. The summed E-state index contributed by atoms with van der Waals surface area (Å²) in [5.41, 5.74) is -0.493. The number of hydrogen-bond acceptors (Lipinski definition) is 1. The molecule has 1 nitrogen and oxygen atoms in total. The second-order valence-corrected chi connectivity index (χ2v) is 5.69. The first-order chi connectivity index (χ1) is 8.77. The van der Waals surface area contributed by atoms with Crippen LogP contribution in [0.2, 0.25) is 10.0 Å². The van der Waals surface area contributed by atoms with Gasteiger partial charge in [-0.1, -0.05) is 23.2 Å². The third-order valence-electron chi connectivity index (χ3n) is 2.35. The van der Waals surface area contributed by atoms with Gasteiger partial charge in [-0.2, -0.15) is 13.2 Å². The Bertz CT molecular complexity index is 609. The van der Waals surface area contributed by atoms with Crippen LogP contribution < -0.4 is 0 Å². The molecular weight excluding hydrogens is 413 g/mol. The van der Waals surface area contributed by atoms with E-state index in [0.717, 1.165) is 6.20 Å². The Morgan fingerprint density at radius 2 is 1.58 bits per heavy atom. The molecule has 0 saturated carbocycles. The maximum atomic E-state index is 13.0. The number of pyridine rings is 1. The molecule has 0 bridgehead atoms. The van der Waals surface area contributed by atoms with E-state index in [-0.39, 0.29) is 15.6 Å². The van der Waals surface area contributed by atoms with Crippen LogP contribution in [0.1, 0.15) is 5.56 Å². The number of halogens is 6. The van der Waals surface area contributed by atoms with Crippen molar-refractivity contribution in [2.45, 2.75) is 6.18 Å². The lowest BCUT2D eigenvalue weighted by Gasteiger charge is -2.13. The number of benzene rings is 1.